The SMILES string of the molecule is COc1ccc2c(c1)CC(C(=N)N)CC2. The topological polar surface area (TPSA) is 59.1 Å². The summed E-state index contributed by atoms with van der Waals surface area (Å²) in [6.45, 7) is 0. The third-order valence-corrected chi connectivity index (χ3v) is 3.08. The van der Waals surface area contributed by atoms with Crippen molar-refractivity contribution in [3.05, 3.63) is 29.3 Å². The van der Waals surface area contributed by atoms with Crippen LogP contribution in [0.1, 0.15) is 17.5 Å². The van der Waals surface area contributed by atoms with E-state index in [0.29, 0.717) is 5.84 Å². The molecule has 80 valence electrons. The van der Waals surface area contributed by atoms with Gasteiger partial charge in [0.2, 0.25) is 0 Å². The molecule has 0 amide bonds. The van der Waals surface area contributed by atoms with E-state index < -0.39 is 0 Å². The molecule has 1 unspecified atom stereocenters. The highest BCUT2D eigenvalue weighted by Crippen LogP contribution is 2.28. The molecule has 1 aromatic carbocycles. The van der Waals surface area contributed by atoms with E-state index in [-0.39, 0.29) is 5.92 Å². The normalized spacial score (nSPS) is 19.4. The Balaban J connectivity index is 2.27. The first-order valence-electron chi connectivity index (χ1n) is 5.20. The number of ether oxygens (including phenoxy) is 1. The summed E-state index contributed by atoms with van der Waals surface area (Å²) in [5, 5.41) is 7.48. The highest BCUT2D eigenvalue weighted by atomic mass is 16.5. The summed E-state index contributed by atoms with van der Waals surface area (Å²) in [5.74, 6) is 1.41. The Bertz CT molecular complexity index is 387. The smallest absolute Gasteiger partial charge is 0.119 e. The van der Waals surface area contributed by atoms with Crippen molar-refractivity contribution < 1.29 is 4.74 Å². The van der Waals surface area contributed by atoms with Crippen LogP contribution in [0.25, 0.3) is 0 Å². The second kappa shape index (κ2) is 3.93. The molecule has 0 heterocycles. The lowest BCUT2D eigenvalue weighted by atomic mass is 9.83. The zero-order chi connectivity index (χ0) is 10.8. The molecule has 0 saturated heterocycles. The van der Waals surface area contributed by atoms with Gasteiger partial charge in [-0.3, -0.25) is 5.41 Å². The Hall–Kier alpha value is -1.51. The van der Waals surface area contributed by atoms with Crippen molar-refractivity contribution in [2.24, 2.45) is 11.7 Å². The van der Waals surface area contributed by atoms with Crippen molar-refractivity contribution in [3.63, 3.8) is 0 Å². The molecular weight excluding hydrogens is 188 g/mol. The summed E-state index contributed by atoms with van der Waals surface area (Å²) >= 11 is 0. The van der Waals surface area contributed by atoms with Gasteiger partial charge in [-0.25, -0.2) is 0 Å². The lowest BCUT2D eigenvalue weighted by Crippen LogP contribution is -2.28. The number of fused-ring (bicyclic) bond motifs is 1. The maximum absolute atomic E-state index is 7.48. The molecule has 1 aliphatic carbocycles. The highest BCUT2D eigenvalue weighted by molar-refractivity contribution is 5.80. The number of aryl methyl sites for hydroxylation is 1. The first kappa shape index (κ1) is 10.0. The summed E-state index contributed by atoms with van der Waals surface area (Å²) in [5.41, 5.74) is 8.19. The van der Waals surface area contributed by atoms with Gasteiger partial charge < -0.3 is 10.5 Å². The predicted octanol–water partition coefficient (Wildman–Crippen LogP) is 1.74. The number of nitrogens with one attached hydrogen (secondary N) is 1. The molecule has 3 heteroatoms. The third-order valence-electron chi connectivity index (χ3n) is 3.08. The van der Waals surface area contributed by atoms with Gasteiger partial charge in [-0.05, 0) is 42.5 Å². The fourth-order valence-corrected chi connectivity index (χ4v) is 2.13. The molecule has 1 aliphatic rings. The van der Waals surface area contributed by atoms with Gasteiger partial charge in [-0.15, -0.1) is 0 Å². The number of benzene rings is 1. The zero-order valence-corrected chi connectivity index (χ0v) is 8.92. The van der Waals surface area contributed by atoms with Crippen LogP contribution >= 0.6 is 0 Å². The highest BCUT2D eigenvalue weighted by Gasteiger charge is 2.20. The molecule has 1 aromatic rings. The number of nitrogens with two attached hydrogens (primary N) is 1. The fourth-order valence-electron chi connectivity index (χ4n) is 2.13. The van der Waals surface area contributed by atoms with Crippen LogP contribution < -0.4 is 10.5 Å². The quantitative estimate of drug-likeness (QED) is 0.569. The van der Waals surface area contributed by atoms with Crippen LogP contribution in [0, 0.1) is 11.3 Å². The largest absolute Gasteiger partial charge is 0.497 e. The first-order chi connectivity index (χ1) is 7.20. The van der Waals surface area contributed by atoms with Crippen molar-refractivity contribution in [3.8, 4) is 5.75 Å². The number of amidine groups is 1. The average Bonchev–Trinajstić information content (AvgIpc) is 2.27. The first-order valence-corrected chi connectivity index (χ1v) is 5.20. The Labute approximate surface area is 89.8 Å². The van der Waals surface area contributed by atoms with Gasteiger partial charge in [0.15, 0.2) is 0 Å². The Morgan fingerprint density at radius 1 is 1.47 bits per heavy atom. The third kappa shape index (κ3) is 1.96. The van der Waals surface area contributed by atoms with E-state index in [1.807, 2.05) is 6.07 Å². The summed E-state index contributed by atoms with van der Waals surface area (Å²) < 4.78 is 5.19. The van der Waals surface area contributed by atoms with E-state index in [4.69, 9.17) is 15.9 Å². The molecule has 0 bridgehead atoms. The fraction of sp³-hybridized carbons (Fsp3) is 0.417. The molecule has 0 spiro atoms. The van der Waals surface area contributed by atoms with Crippen molar-refractivity contribution in [1.29, 1.82) is 5.41 Å². The predicted molar refractivity (Wildman–Crippen MR) is 60.4 cm³/mol. The minimum Gasteiger partial charge on any atom is -0.497 e. The zero-order valence-electron chi connectivity index (χ0n) is 8.92. The summed E-state index contributed by atoms with van der Waals surface area (Å²) in [7, 11) is 1.67. The Morgan fingerprint density at radius 3 is 2.93 bits per heavy atom. The van der Waals surface area contributed by atoms with Crippen molar-refractivity contribution in [2.45, 2.75) is 19.3 Å². The molecule has 0 saturated carbocycles. The maximum Gasteiger partial charge on any atom is 0.119 e. The second-order valence-corrected chi connectivity index (χ2v) is 4.03. The van der Waals surface area contributed by atoms with Gasteiger partial charge in [0.05, 0.1) is 12.9 Å². The number of hydrogen-bond donors (Lipinski definition) is 2. The summed E-state index contributed by atoms with van der Waals surface area (Å²) in [6.07, 6.45) is 2.89. The molecule has 0 aliphatic heterocycles. The lowest BCUT2D eigenvalue weighted by Gasteiger charge is -2.23. The molecular formula is C12H16N2O. The molecule has 0 fully saturated rings. The van der Waals surface area contributed by atoms with E-state index in [9.17, 15) is 0 Å². The Morgan fingerprint density at radius 2 is 2.27 bits per heavy atom. The van der Waals surface area contributed by atoms with Gasteiger partial charge in [0, 0.05) is 5.92 Å². The van der Waals surface area contributed by atoms with Crippen LogP contribution in [0.2, 0.25) is 0 Å². The van der Waals surface area contributed by atoms with Gasteiger partial charge in [0.1, 0.15) is 5.75 Å². The van der Waals surface area contributed by atoms with E-state index in [1.165, 1.54) is 11.1 Å². The maximum atomic E-state index is 7.48. The van der Waals surface area contributed by atoms with Crippen molar-refractivity contribution >= 4 is 5.84 Å². The van der Waals surface area contributed by atoms with Gasteiger partial charge in [0.25, 0.3) is 0 Å². The molecule has 0 aromatic heterocycles. The summed E-state index contributed by atoms with van der Waals surface area (Å²) in [6, 6.07) is 6.17. The standard InChI is InChI=1S/C12H16N2O/c1-15-11-5-4-8-2-3-9(12(13)14)6-10(8)7-11/h4-5,7,9H,2-3,6H2,1H3,(H3,13,14). The van der Waals surface area contributed by atoms with Crippen LogP contribution in [0.5, 0.6) is 5.75 Å². The van der Waals surface area contributed by atoms with Gasteiger partial charge >= 0.3 is 0 Å². The molecule has 3 N–H and O–H groups in total. The van der Waals surface area contributed by atoms with Crippen LogP contribution in [-0.2, 0) is 12.8 Å². The van der Waals surface area contributed by atoms with Crippen LogP contribution in [0.3, 0.4) is 0 Å². The van der Waals surface area contributed by atoms with Gasteiger partial charge in [-0.2, -0.15) is 0 Å². The van der Waals surface area contributed by atoms with Crippen molar-refractivity contribution in [2.75, 3.05) is 7.11 Å². The number of hydrogen-bond acceptors (Lipinski definition) is 2. The lowest BCUT2D eigenvalue weighted by molar-refractivity contribution is 0.413. The molecule has 15 heavy (non-hydrogen) atoms. The van der Waals surface area contributed by atoms with E-state index in [0.717, 1.165) is 25.0 Å². The minimum absolute atomic E-state index is 0.213. The molecule has 3 nitrogen and oxygen atoms in total. The van der Waals surface area contributed by atoms with Crippen LogP contribution in [0.15, 0.2) is 18.2 Å². The van der Waals surface area contributed by atoms with Crippen LogP contribution in [-0.4, -0.2) is 12.9 Å². The van der Waals surface area contributed by atoms with E-state index in [2.05, 4.69) is 12.1 Å². The second-order valence-electron chi connectivity index (χ2n) is 4.03. The van der Waals surface area contributed by atoms with E-state index >= 15 is 0 Å². The van der Waals surface area contributed by atoms with E-state index in [1.54, 1.807) is 7.11 Å². The molecule has 0 radical (unpaired) electrons. The van der Waals surface area contributed by atoms with Crippen molar-refractivity contribution in [1.82, 2.24) is 0 Å². The monoisotopic (exact) mass is 204 g/mol. The Kier molecular flexibility index (Phi) is 2.62. The average molecular weight is 204 g/mol. The summed E-state index contributed by atoms with van der Waals surface area (Å²) in [4.78, 5) is 0. The molecule has 1 atom stereocenters. The van der Waals surface area contributed by atoms with Gasteiger partial charge in [-0.1, -0.05) is 6.07 Å². The minimum atomic E-state index is 0.213. The number of methoxy groups -OCH3 is 1. The molecule has 2 rings (SSSR count). The van der Waals surface area contributed by atoms with Crippen LogP contribution in [0.4, 0.5) is 0 Å². The number of rotatable bonds is 2.